The minimum atomic E-state index is -0.572. The number of nitrogens with one attached hydrogen (secondary N) is 2. The van der Waals surface area contributed by atoms with Crippen LogP contribution < -0.4 is 16.4 Å². The molecule has 0 aromatic heterocycles. The van der Waals surface area contributed by atoms with Crippen molar-refractivity contribution in [2.45, 2.75) is 18.9 Å². The average molecular weight is 524 g/mol. The van der Waals surface area contributed by atoms with Crippen molar-refractivity contribution in [3.63, 3.8) is 0 Å². The first-order valence-corrected chi connectivity index (χ1v) is 12.3. The molecule has 3 amide bonds. The molecule has 1 atom stereocenters. The Kier molecular flexibility index (Phi) is 6.92. The zero-order valence-corrected chi connectivity index (χ0v) is 20.8. The predicted molar refractivity (Wildman–Crippen MR) is 148 cm³/mol. The molecular weight excluding hydrogens is 498 g/mol. The monoisotopic (exact) mass is 523 g/mol. The summed E-state index contributed by atoms with van der Waals surface area (Å²) >= 11 is 0. The van der Waals surface area contributed by atoms with Gasteiger partial charge in [-0.15, -0.1) is 0 Å². The first-order valence-electron chi connectivity index (χ1n) is 12.3. The van der Waals surface area contributed by atoms with Crippen molar-refractivity contribution in [3.8, 4) is 0 Å². The summed E-state index contributed by atoms with van der Waals surface area (Å²) in [6, 6.07) is 20.4. The quantitative estimate of drug-likeness (QED) is 0.231. The maximum Gasteiger partial charge on any atom is 0.270 e. The van der Waals surface area contributed by atoms with Crippen LogP contribution in [0.2, 0.25) is 0 Å². The van der Waals surface area contributed by atoms with Gasteiger partial charge in [0.2, 0.25) is 11.8 Å². The number of nitro benzene ring substituents is 1. The van der Waals surface area contributed by atoms with Gasteiger partial charge < -0.3 is 21.3 Å². The van der Waals surface area contributed by atoms with Gasteiger partial charge in [0.15, 0.2) is 0 Å². The van der Waals surface area contributed by atoms with Crippen molar-refractivity contribution in [3.05, 3.63) is 106 Å². The van der Waals surface area contributed by atoms with Gasteiger partial charge in [-0.3, -0.25) is 24.5 Å². The van der Waals surface area contributed by atoms with Gasteiger partial charge in [0.25, 0.3) is 11.6 Å². The zero-order chi connectivity index (χ0) is 27.5. The van der Waals surface area contributed by atoms with Gasteiger partial charge in [0, 0.05) is 42.0 Å². The van der Waals surface area contributed by atoms with Crippen molar-refractivity contribution in [1.29, 1.82) is 0 Å². The van der Waals surface area contributed by atoms with Crippen LogP contribution in [0.25, 0.3) is 17.3 Å². The molecule has 0 saturated carbocycles. The highest BCUT2D eigenvalue weighted by molar-refractivity contribution is 6.37. The molecular formula is C29H25N5O5. The van der Waals surface area contributed by atoms with E-state index >= 15 is 0 Å². The number of hydrogen-bond acceptors (Lipinski definition) is 6. The summed E-state index contributed by atoms with van der Waals surface area (Å²) in [5.41, 5.74) is 9.40. The lowest BCUT2D eigenvalue weighted by molar-refractivity contribution is -0.384. The number of fused-ring (bicyclic) bond motifs is 1. The van der Waals surface area contributed by atoms with E-state index in [2.05, 4.69) is 10.6 Å². The highest BCUT2D eigenvalue weighted by Crippen LogP contribution is 2.39. The molecule has 3 aromatic carbocycles. The number of non-ortho nitro benzene ring substituents is 1. The van der Waals surface area contributed by atoms with Crippen LogP contribution in [-0.2, 0) is 14.4 Å². The Hall–Kier alpha value is -5.25. The smallest absolute Gasteiger partial charge is 0.270 e. The number of nitro groups is 1. The predicted octanol–water partition coefficient (Wildman–Crippen LogP) is 4.02. The Balaban J connectivity index is 1.41. The molecule has 2 heterocycles. The standard InChI is InChI=1S/C29H25N5O5/c30-28(36)24-14-15-25(35)33(24)16-4-5-18-8-10-20(11-9-18)31-27(19-6-2-1-3-7-19)26-22-17-21(34(38)39)12-13-23(22)32-29(26)37/h1-13,17,24,31H,14-16H2,(H2,30,36)(H,32,37)/b5-4-,27-26?. The van der Waals surface area contributed by atoms with E-state index in [9.17, 15) is 24.5 Å². The van der Waals surface area contributed by atoms with Crippen LogP contribution in [0.1, 0.15) is 29.5 Å². The molecule has 4 N–H and O–H groups in total. The number of hydrogen-bond donors (Lipinski definition) is 3. The summed E-state index contributed by atoms with van der Waals surface area (Å²) in [6.45, 7) is 0.289. The van der Waals surface area contributed by atoms with Crippen molar-refractivity contribution in [2.75, 3.05) is 17.2 Å². The molecule has 39 heavy (non-hydrogen) atoms. The number of primary amides is 1. The topological polar surface area (TPSA) is 148 Å². The van der Waals surface area contributed by atoms with Gasteiger partial charge in [-0.05, 0) is 35.7 Å². The number of likely N-dealkylation sites (tertiary alicyclic amines) is 1. The van der Waals surface area contributed by atoms with Crippen LogP contribution in [-0.4, -0.2) is 40.1 Å². The number of amides is 3. The molecule has 3 aromatic rings. The molecule has 0 radical (unpaired) electrons. The second-order valence-electron chi connectivity index (χ2n) is 9.21. The van der Waals surface area contributed by atoms with E-state index < -0.39 is 16.9 Å². The SMILES string of the molecule is NC(=O)C1CCC(=O)N1C/C=C\c1ccc(NC(=C2C(=O)Nc3ccc([N+](=O)[O-])cc32)c2ccccc2)cc1. The summed E-state index contributed by atoms with van der Waals surface area (Å²) < 4.78 is 0. The first kappa shape index (κ1) is 25.4. The average Bonchev–Trinajstić information content (AvgIpc) is 3.46. The number of carbonyl (C=O) groups is 3. The Morgan fingerprint density at radius 3 is 2.54 bits per heavy atom. The molecule has 0 spiro atoms. The Labute approximate surface area is 224 Å². The fraction of sp³-hybridized carbons (Fsp3) is 0.138. The molecule has 2 aliphatic rings. The normalized spacial score (nSPS) is 17.7. The molecule has 0 aliphatic carbocycles. The van der Waals surface area contributed by atoms with E-state index in [-0.39, 0.29) is 24.0 Å². The van der Waals surface area contributed by atoms with Crippen LogP contribution in [0.3, 0.4) is 0 Å². The van der Waals surface area contributed by atoms with Gasteiger partial charge in [-0.2, -0.15) is 0 Å². The van der Waals surface area contributed by atoms with Crippen LogP contribution in [0.4, 0.5) is 17.1 Å². The van der Waals surface area contributed by atoms with Crippen LogP contribution in [0.5, 0.6) is 0 Å². The van der Waals surface area contributed by atoms with Gasteiger partial charge in [0.1, 0.15) is 6.04 Å². The van der Waals surface area contributed by atoms with Gasteiger partial charge >= 0.3 is 0 Å². The van der Waals surface area contributed by atoms with Crippen LogP contribution in [0.15, 0.2) is 78.9 Å². The lowest BCUT2D eigenvalue weighted by Crippen LogP contribution is -2.42. The number of benzene rings is 3. The fourth-order valence-corrected chi connectivity index (χ4v) is 4.78. The van der Waals surface area contributed by atoms with Crippen LogP contribution >= 0.6 is 0 Å². The summed E-state index contributed by atoms with van der Waals surface area (Å²) in [5, 5.41) is 17.5. The minimum absolute atomic E-state index is 0.0904. The number of nitrogens with two attached hydrogens (primary N) is 1. The minimum Gasteiger partial charge on any atom is -0.368 e. The van der Waals surface area contributed by atoms with Crippen LogP contribution in [0, 0.1) is 10.1 Å². The van der Waals surface area contributed by atoms with E-state index in [1.165, 1.54) is 23.1 Å². The number of nitrogens with zero attached hydrogens (tertiary/aromatic N) is 2. The largest absolute Gasteiger partial charge is 0.368 e. The Morgan fingerprint density at radius 1 is 1.10 bits per heavy atom. The second-order valence-corrected chi connectivity index (χ2v) is 9.21. The zero-order valence-electron chi connectivity index (χ0n) is 20.8. The van der Waals surface area contributed by atoms with Crippen molar-refractivity contribution < 1.29 is 19.3 Å². The summed E-state index contributed by atoms with van der Waals surface area (Å²) in [5.74, 6) is -0.948. The molecule has 1 fully saturated rings. The number of anilines is 2. The van der Waals surface area contributed by atoms with Crippen molar-refractivity contribution in [2.24, 2.45) is 5.73 Å². The summed E-state index contributed by atoms with van der Waals surface area (Å²) in [4.78, 5) is 49.1. The molecule has 10 heteroatoms. The maximum atomic E-state index is 13.0. The molecule has 1 unspecified atom stereocenters. The summed E-state index contributed by atoms with van der Waals surface area (Å²) in [6.07, 6.45) is 4.42. The van der Waals surface area contributed by atoms with Crippen molar-refractivity contribution in [1.82, 2.24) is 4.90 Å². The number of rotatable bonds is 8. The lowest BCUT2D eigenvalue weighted by atomic mass is 9.99. The van der Waals surface area contributed by atoms with E-state index in [0.717, 1.165) is 11.1 Å². The molecule has 0 bridgehead atoms. The fourth-order valence-electron chi connectivity index (χ4n) is 4.78. The lowest BCUT2D eigenvalue weighted by Gasteiger charge is -2.20. The maximum absolute atomic E-state index is 13.0. The number of carbonyl (C=O) groups excluding carboxylic acids is 3. The highest BCUT2D eigenvalue weighted by Gasteiger charge is 2.34. The molecule has 196 valence electrons. The van der Waals surface area contributed by atoms with E-state index in [0.29, 0.717) is 41.1 Å². The molecule has 5 rings (SSSR count). The van der Waals surface area contributed by atoms with Gasteiger partial charge in [-0.1, -0.05) is 54.6 Å². The molecule has 1 saturated heterocycles. The van der Waals surface area contributed by atoms with Crippen molar-refractivity contribution >= 4 is 52.1 Å². The van der Waals surface area contributed by atoms with E-state index in [4.69, 9.17) is 5.73 Å². The van der Waals surface area contributed by atoms with Gasteiger partial charge in [0.05, 0.1) is 16.2 Å². The first-order chi connectivity index (χ1) is 18.8. The Morgan fingerprint density at radius 2 is 1.85 bits per heavy atom. The Bertz CT molecular complexity index is 1530. The highest BCUT2D eigenvalue weighted by atomic mass is 16.6. The third-order valence-electron chi connectivity index (χ3n) is 6.72. The second kappa shape index (κ2) is 10.6. The van der Waals surface area contributed by atoms with E-state index in [1.807, 2.05) is 66.7 Å². The van der Waals surface area contributed by atoms with E-state index in [1.54, 1.807) is 0 Å². The third-order valence-corrected chi connectivity index (χ3v) is 6.72. The third kappa shape index (κ3) is 5.26. The van der Waals surface area contributed by atoms with Gasteiger partial charge in [-0.25, -0.2) is 0 Å². The molecule has 2 aliphatic heterocycles. The summed E-state index contributed by atoms with van der Waals surface area (Å²) in [7, 11) is 0. The molecule has 10 nitrogen and oxygen atoms in total.